The van der Waals surface area contributed by atoms with Crippen LogP contribution in [0, 0.1) is 0 Å². The van der Waals surface area contributed by atoms with Gasteiger partial charge in [0.15, 0.2) is 38.8 Å². The van der Waals surface area contributed by atoms with Crippen LogP contribution in [0.15, 0.2) is 249 Å². The number of alkyl halides is 1. The molecule has 13 N–H and O–H groups in total. The number of nitrogens with one attached hydrogen (secondary N) is 4. The van der Waals surface area contributed by atoms with Crippen LogP contribution >= 0.6 is 62.2 Å². The minimum Gasteiger partial charge on any atom is -0.464 e. The molecule has 1 unspecified atom stereocenters. The van der Waals surface area contributed by atoms with E-state index in [-0.39, 0.29) is 56.6 Å². The van der Waals surface area contributed by atoms with Gasteiger partial charge in [-0.15, -0.1) is 0 Å². The normalized spacial score (nSPS) is 11.3. The lowest BCUT2D eigenvalue weighted by Crippen LogP contribution is -2.29. The minimum absolute atomic E-state index is 0. The van der Waals surface area contributed by atoms with Crippen LogP contribution in [0.5, 0.6) is 0 Å². The van der Waals surface area contributed by atoms with Crippen LogP contribution in [-0.4, -0.2) is 123 Å². The number of aldehydes is 1. The molecule has 14 rings (SSSR count). The van der Waals surface area contributed by atoms with Gasteiger partial charge in [0.1, 0.15) is 40.6 Å². The number of aromatic nitrogens is 9. The van der Waals surface area contributed by atoms with Crippen molar-refractivity contribution in [3.63, 3.8) is 0 Å². The highest BCUT2D eigenvalue weighted by Gasteiger charge is 2.19. The Balaban J connectivity index is 0.000000209. The summed E-state index contributed by atoms with van der Waals surface area (Å²) in [7, 11) is 4.56. The Labute approximate surface area is 678 Å². The molecular weight excluding hydrogens is 1560 g/mol. The zero-order valence-corrected chi connectivity index (χ0v) is 65.2. The van der Waals surface area contributed by atoms with E-state index in [0.29, 0.717) is 51.9 Å². The van der Waals surface area contributed by atoms with E-state index < -0.39 is 5.97 Å². The van der Waals surface area contributed by atoms with Gasteiger partial charge >= 0.3 is 5.97 Å². The molecule has 0 bridgehead atoms. The molecule has 0 amide bonds. The second kappa shape index (κ2) is 49.8. The summed E-state index contributed by atoms with van der Waals surface area (Å²) < 4.78 is 14.7. The molecule has 4 aromatic carbocycles. The number of halogens is 1. The number of aliphatic hydroxyl groups is 3. The van der Waals surface area contributed by atoms with E-state index in [1.807, 2.05) is 134 Å². The maximum Gasteiger partial charge on any atom is 0.356 e. The van der Waals surface area contributed by atoms with Gasteiger partial charge < -0.3 is 68.0 Å². The van der Waals surface area contributed by atoms with Crippen molar-refractivity contribution in [2.45, 2.75) is 71.6 Å². The first kappa shape index (κ1) is 89.6. The second-order valence-corrected chi connectivity index (χ2v) is 27.6. The number of hydrogen-bond acceptors (Lipinski definition) is 27. The highest BCUT2D eigenvalue weighted by atomic mass is 79.9. The fraction of sp³-hybridized carbons (Fsp3) is 0.195. The standard InChI is InChI=1S/C20H22N4S.C15H13N3OS.C15H11N3OS.C10H13BrO2.C7H9N3OS.C7H8N2O2.C6H8N2O.2CH4/c1-3-8-16(9-4-1)18-14-21-20(25-18)23-19-11-7-10-17(22-19)15-24-12-5-2-6-13-24;2*19-10-12-7-4-8-14(17-12)18-15-16-9-13(20-15)11-5-2-1-3-6-11;1-12-10(13-2)9(11)8-6-4-3-5-7-8;8-7(12)10-6-3-1-2-5(4-11)9-6;1-11-7(10)5-3-2-4-6(8)9-5;7-6-3-1-2-5(4-9)8-6;;/h1,3-4,7-11,14H,2,5-6,12-13,15H2,(H,21,22,23);1-9,19H,10H2,(H,16,17,18);1-10H,(H,16,17,18);3-7,9-10H,1-2H3;1-3,11H,4H2,(H3,8,9,10,12);2-4H,1H3,(H2,8,9);1-3,9H,4H2,(H2,7,8);2*1H4. The summed E-state index contributed by atoms with van der Waals surface area (Å²) in [6, 6.07) is 72.6. The number of ether oxygens (including phenoxy) is 3. The van der Waals surface area contributed by atoms with Crippen molar-refractivity contribution in [1.82, 2.24) is 49.8 Å². The SMILES string of the molecule is C.C.COC(=O)c1cccc(N)n1.COC(OC)C(Br)c1ccccc1.NC(=S)Nc1cccc(CO)n1.Nc1cccc(CO)n1.O=Cc1cccc(Nc2ncc(-c3ccccc3)s2)n1.OCc1cccc(Nc2ncc(-c3ccccc3)s2)n1.c1ccc(-c2cnc(Nc3cccc(CN4CCCCC4)n3)s2)cc1. The van der Waals surface area contributed by atoms with Crippen molar-refractivity contribution in [1.29, 1.82) is 0 Å². The third-order valence-corrected chi connectivity index (χ3v) is 19.0. The van der Waals surface area contributed by atoms with Crippen molar-refractivity contribution in [3.8, 4) is 31.3 Å². The molecule has 10 heterocycles. The van der Waals surface area contributed by atoms with E-state index in [1.165, 1.54) is 45.0 Å². The average Bonchev–Trinajstić information content (AvgIpc) is 1.71. The number of benzene rings is 4. The lowest BCUT2D eigenvalue weighted by Gasteiger charge is -2.26. The summed E-state index contributed by atoms with van der Waals surface area (Å²) in [6.45, 7) is 3.10. The molecule has 25 nitrogen and oxygen atoms in total. The number of thiocarbonyl (C=S) groups is 1. The number of methoxy groups -OCH3 is 3. The molecule has 0 spiro atoms. The monoisotopic (exact) mass is 1650 g/mol. The van der Waals surface area contributed by atoms with Gasteiger partial charge in [0, 0.05) is 39.4 Å². The van der Waals surface area contributed by atoms with Crippen molar-refractivity contribution in [2.24, 2.45) is 5.73 Å². The lowest BCUT2D eigenvalue weighted by atomic mass is 10.1. The number of aliphatic hydroxyl groups excluding tert-OH is 3. The first-order chi connectivity index (χ1) is 53.6. The van der Waals surface area contributed by atoms with E-state index in [4.69, 9.17) is 47.0 Å². The van der Waals surface area contributed by atoms with Crippen molar-refractivity contribution in [3.05, 3.63) is 289 Å². The summed E-state index contributed by atoms with van der Waals surface area (Å²) in [6.07, 6.45) is 10.0. The van der Waals surface area contributed by atoms with E-state index in [2.05, 4.69) is 135 Å². The maximum atomic E-state index is 10.8. The van der Waals surface area contributed by atoms with Gasteiger partial charge in [-0.25, -0.2) is 49.7 Å². The molecule has 30 heteroatoms. The van der Waals surface area contributed by atoms with Crippen molar-refractivity contribution >= 4 is 130 Å². The molecule has 1 fully saturated rings. The number of likely N-dealkylation sites (tertiary alicyclic amines) is 1. The molecule has 1 aliphatic heterocycles. The van der Waals surface area contributed by atoms with Gasteiger partial charge in [-0.05, 0) is 133 Å². The van der Waals surface area contributed by atoms with Crippen molar-refractivity contribution in [2.75, 3.05) is 67.2 Å². The number of piperidine rings is 1. The molecule has 0 saturated carbocycles. The minimum atomic E-state index is -0.475. The Bertz CT molecular complexity index is 4860. The Hall–Kier alpha value is -11.3. The first-order valence-electron chi connectivity index (χ1n) is 34.2. The average molecular weight is 1650 g/mol. The number of thiazole rings is 3. The van der Waals surface area contributed by atoms with E-state index in [0.717, 1.165) is 71.1 Å². The van der Waals surface area contributed by atoms with Gasteiger partial charge in [-0.3, -0.25) is 9.69 Å². The molecule has 9 aromatic heterocycles. The number of pyridine rings is 6. The Morgan fingerprint density at radius 2 is 0.884 bits per heavy atom. The van der Waals surface area contributed by atoms with E-state index in [9.17, 15) is 9.59 Å². The number of anilines is 9. The first-order valence-corrected chi connectivity index (χ1v) is 38.0. The predicted molar refractivity (Wildman–Crippen MR) is 460 cm³/mol. The van der Waals surface area contributed by atoms with Crippen molar-refractivity contribution < 1.29 is 39.1 Å². The third kappa shape index (κ3) is 31.2. The molecule has 13 aromatic rings. The van der Waals surface area contributed by atoms with Crippen LogP contribution in [0.25, 0.3) is 31.3 Å². The maximum absolute atomic E-state index is 10.8. The summed E-state index contributed by atoms with van der Waals surface area (Å²) >= 11 is 12.9. The number of nitrogens with zero attached hydrogens (tertiary/aromatic N) is 10. The van der Waals surface area contributed by atoms with Crippen LogP contribution in [0.2, 0.25) is 0 Å². The van der Waals surface area contributed by atoms with Crippen LogP contribution < -0.4 is 38.5 Å². The topological polar surface area (TPSA) is 368 Å². The highest BCUT2D eigenvalue weighted by Crippen LogP contribution is 2.34. The Kier molecular flexibility index (Phi) is 39.9. The van der Waals surface area contributed by atoms with Gasteiger partial charge in [-0.2, -0.15) is 0 Å². The quantitative estimate of drug-likeness (QED) is 0.0105. The fourth-order valence-electron chi connectivity index (χ4n) is 9.89. The molecule has 584 valence electrons. The van der Waals surface area contributed by atoms with Crippen LogP contribution in [0.4, 0.5) is 50.3 Å². The summed E-state index contributed by atoms with van der Waals surface area (Å²) in [4.78, 5) is 65.4. The van der Waals surface area contributed by atoms with Gasteiger partial charge in [0.2, 0.25) is 0 Å². The number of rotatable bonds is 21. The molecule has 1 atom stereocenters. The zero-order valence-electron chi connectivity index (χ0n) is 60.4. The molecule has 1 saturated heterocycles. The lowest BCUT2D eigenvalue weighted by molar-refractivity contribution is -0.101. The third-order valence-electron chi connectivity index (χ3n) is 15.1. The Morgan fingerprint density at radius 1 is 0.500 bits per heavy atom. The number of nitrogen functional groups attached to an aromatic ring is 2. The largest absolute Gasteiger partial charge is 0.464 e. The van der Waals surface area contributed by atoms with Crippen LogP contribution in [0.3, 0.4) is 0 Å². The highest BCUT2D eigenvalue weighted by molar-refractivity contribution is 9.09. The molecule has 0 radical (unpaired) electrons. The fourth-order valence-corrected chi connectivity index (χ4v) is 13.2. The molecular formula is C82H92BrN17O8S4. The summed E-state index contributed by atoms with van der Waals surface area (Å²) in [5.41, 5.74) is 24.1. The smallest absolute Gasteiger partial charge is 0.356 e. The number of hydrogen-bond donors (Lipinski definition) is 10. The number of nitrogens with two attached hydrogens (primary N) is 3. The van der Waals surface area contributed by atoms with Gasteiger partial charge in [-0.1, -0.05) is 229 Å². The van der Waals surface area contributed by atoms with Crippen LogP contribution in [-0.2, 0) is 40.6 Å². The second-order valence-electron chi connectivity index (χ2n) is 23.1. The van der Waals surface area contributed by atoms with Gasteiger partial charge in [0.05, 0.1) is 69.2 Å². The zero-order chi connectivity index (χ0) is 78.1. The Morgan fingerprint density at radius 3 is 1.29 bits per heavy atom. The van der Waals surface area contributed by atoms with E-state index >= 15 is 0 Å². The number of carbonyl (C=O) groups is 2. The molecule has 0 aliphatic carbocycles. The number of esters is 1. The molecule has 112 heavy (non-hydrogen) atoms. The number of carbonyl (C=O) groups excluding carboxylic acids is 2. The summed E-state index contributed by atoms with van der Waals surface area (Å²) in [5.74, 6) is 3.00. The predicted octanol–water partition coefficient (Wildman–Crippen LogP) is 17.0. The molecule has 1 aliphatic rings. The van der Waals surface area contributed by atoms with Gasteiger partial charge in [0.25, 0.3) is 0 Å². The van der Waals surface area contributed by atoms with Crippen LogP contribution in [0.1, 0.15) is 88.3 Å². The van der Waals surface area contributed by atoms with E-state index in [1.54, 1.807) is 127 Å². The summed E-state index contributed by atoms with van der Waals surface area (Å²) in [5, 5.41) is 41.2.